The Hall–Kier alpha value is -2.84. The van der Waals surface area contributed by atoms with Crippen LogP contribution in [0.25, 0.3) is 0 Å². The van der Waals surface area contributed by atoms with E-state index >= 15 is 0 Å². The van der Waals surface area contributed by atoms with Crippen molar-refractivity contribution < 1.29 is 9.59 Å². The molecule has 0 heterocycles. The van der Waals surface area contributed by atoms with Crippen LogP contribution >= 0.6 is 11.6 Å². The zero-order chi connectivity index (χ0) is 19.5. The van der Waals surface area contributed by atoms with Gasteiger partial charge in [0.2, 0.25) is 11.8 Å². The average Bonchev–Trinajstić information content (AvgIpc) is 2.57. The van der Waals surface area contributed by atoms with Crippen molar-refractivity contribution in [1.29, 1.82) is 5.26 Å². The van der Waals surface area contributed by atoms with Gasteiger partial charge in [0.05, 0.1) is 22.3 Å². The van der Waals surface area contributed by atoms with Gasteiger partial charge in [-0.25, -0.2) is 0 Å². The lowest BCUT2D eigenvalue weighted by Gasteiger charge is -2.24. The lowest BCUT2D eigenvalue weighted by molar-refractivity contribution is -0.135. The van der Waals surface area contributed by atoms with E-state index in [1.54, 1.807) is 30.3 Å². The fourth-order valence-corrected chi connectivity index (χ4v) is 2.77. The third kappa shape index (κ3) is 4.22. The van der Waals surface area contributed by atoms with Crippen LogP contribution in [0.1, 0.15) is 30.5 Å². The quantitative estimate of drug-likeness (QED) is 0.782. The van der Waals surface area contributed by atoms with E-state index in [2.05, 4.69) is 10.6 Å². The van der Waals surface area contributed by atoms with Crippen molar-refractivity contribution in [3.63, 3.8) is 0 Å². The first-order valence-corrected chi connectivity index (χ1v) is 8.42. The number of hydrogen-bond donors (Lipinski definition) is 2. The maximum Gasteiger partial charge on any atom is 0.239 e. The number of nitriles is 1. The third-order valence-corrected chi connectivity index (χ3v) is 4.35. The third-order valence-electron chi connectivity index (χ3n) is 4.06. The van der Waals surface area contributed by atoms with E-state index in [0.29, 0.717) is 22.0 Å². The molecule has 0 aliphatic rings. The van der Waals surface area contributed by atoms with Crippen molar-refractivity contribution >= 4 is 34.8 Å². The van der Waals surface area contributed by atoms with Gasteiger partial charge < -0.3 is 10.6 Å². The van der Waals surface area contributed by atoms with E-state index in [1.165, 1.54) is 13.8 Å². The molecular weight excluding hydrogens is 350 g/mol. The molecule has 6 heteroatoms. The highest BCUT2D eigenvalue weighted by atomic mass is 35.5. The number of carbonyl (C=O) groups is 2. The molecule has 0 saturated heterocycles. The van der Waals surface area contributed by atoms with Gasteiger partial charge in [-0.1, -0.05) is 23.7 Å². The number of benzene rings is 2. The summed E-state index contributed by atoms with van der Waals surface area (Å²) < 4.78 is 0. The summed E-state index contributed by atoms with van der Waals surface area (Å²) in [5, 5.41) is 14.8. The summed E-state index contributed by atoms with van der Waals surface area (Å²) in [5.74, 6) is -0.953. The highest BCUT2D eigenvalue weighted by Gasteiger charge is 2.36. The standard InChI is InChI=1S/C20H20ClN3O2/c1-12-8-13(2)17(16(21)9-12)24-19(26)20(3,4)18(25)23-15-7-5-6-14(10-15)11-22/h5-10H,1-4H3,(H,23,25)(H,24,26). The van der Waals surface area contributed by atoms with Crippen LogP contribution in [0.3, 0.4) is 0 Å². The lowest BCUT2D eigenvalue weighted by Crippen LogP contribution is -2.41. The molecule has 0 aliphatic heterocycles. The number of nitrogens with one attached hydrogen (secondary N) is 2. The molecule has 0 spiro atoms. The van der Waals surface area contributed by atoms with Gasteiger partial charge >= 0.3 is 0 Å². The molecule has 2 aromatic rings. The summed E-state index contributed by atoms with van der Waals surface area (Å²) >= 11 is 6.23. The Morgan fingerprint density at radius 1 is 1.08 bits per heavy atom. The fourth-order valence-electron chi connectivity index (χ4n) is 2.40. The van der Waals surface area contributed by atoms with Crippen LogP contribution in [-0.2, 0) is 9.59 Å². The minimum atomic E-state index is -1.34. The second-order valence-corrected chi connectivity index (χ2v) is 7.07. The highest BCUT2D eigenvalue weighted by molar-refractivity contribution is 6.34. The molecule has 5 nitrogen and oxygen atoms in total. The summed E-state index contributed by atoms with van der Waals surface area (Å²) in [5.41, 5.74) is 1.84. The summed E-state index contributed by atoms with van der Waals surface area (Å²) in [7, 11) is 0. The van der Waals surface area contributed by atoms with Gasteiger partial charge in [0.15, 0.2) is 0 Å². The first-order chi connectivity index (χ1) is 12.1. The first kappa shape index (κ1) is 19.5. The molecule has 2 N–H and O–H groups in total. The van der Waals surface area contributed by atoms with Crippen LogP contribution in [0.2, 0.25) is 5.02 Å². The Bertz CT molecular complexity index is 891. The van der Waals surface area contributed by atoms with E-state index in [-0.39, 0.29) is 0 Å². The van der Waals surface area contributed by atoms with E-state index in [9.17, 15) is 9.59 Å². The minimum Gasteiger partial charge on any atom is -0.325 e. The molecular formula is C20H20ClN3O2. The SMILES string of the molecule is Cc1cc(C)c(NC(=O)C(C)(C)C(=O)Nc2cccc(C#N)c2)c(Cl)c1. The minimum absolute atomic E-state index is 0.423. The Labute approximate surface area is 158 Å². The zero-order valence-electron chi connectivity index (χ0n) is 15.1. The van der Waals surface area contributed by atoms with Crippen molar-refractivity contribution in [2.45, 2.75) is 27.7 Å². The molecule has 2 aromatic carbocycles. The maximum atomic E-state index is 12.7. The monoisotopic (exact) mass is 369 g/mol. The largest absolute Gasteiger partial charge is 0.325 e. The molecule has 0 aliphatic carbocycles. The molecule has 2 amide bonds. The van der Waals surface area contributed by atoms with E-state index in [1.807, 2.05) is 26.0 Å². The Morgan fingerprint density at radius 2 is 1.73 bits per heavy atom. The van der Waals surface area contributed by atoms with Crippen molar-refractivity contribution in [2.75, 3.05) is 10.6 Å². The topological polar surface area (TPSA) is 82.0 Å². The van der Waals surface area contributed by atoms with Crippen LogP contribution < -0.4 is 10.6 Å². The molecule has 0 radical (unpaired) electrons. The molecule has 134 valence electrons. The van der Waals surface area contributed by atoms with Crippen molar-refractivity contribution in [2.24, 2.45) is 5.41 Å². The van der Waals surface area contributed by atoms with Gasteiger partial charge in [0, 0.05) is 5.69 Å². The molecule has 0 aromatic heterocycles. The Balaban J connectivity index is 2.19. The Kier molecular flexibility index (Phi) is 5.69. The van der Waals surface area contributed by atoms with Crippen LogP contribution in [0.4, 0.5) is 11.4 Å². The van der Waals surface area contributed by atoms with Gasteiger partial charge in [-0.3, -0.25) is 9.59 Å². The number of anilines is 2. The number of rotatable bonds is 4. The summed E-state index contributed by atoms with van der Waals surface area (Å²) in [6, 6.07) is 12.2. The maximum absolute atomic E-state index is 12.7. The number of amides is 2. The van der Waals surface area contributed by atoms with Crippen molar-refractivity contribution in [3.05, 3.63) is 58.1 Å². The number of hydrogen-bond acceptors (Lipinski definition) is 3. The average molecular weight is 370 g/mol. The molecule has 0 fully saturated rings. The van der Waals surface area contributed by atoms with Gasteiger partial charge in [-0.2, -0.15) is 5.26 Å². The number of halogens is 1. The van der Waals surface area contributed by atoms with Gasteiger partial charge in [-0.15, -0.1) is 0 Å². The van der Waals surface area contributed by atoms with Gasteiger partial charge in [0.1, 0.15) is 5.41 Å². The van der Waals surface area contributed by atoms with Crippen LogP contribution in [-0.4, -0.2) is 11.8 Å². The lowest BCUT2D eigenvalue weighted by atomic mass is 9.90. The predicted octanol–water partition coefficient (Wildman–Crippen LogP) is 4.43. The second kappa shape index (κ2) is 7.59. The second-order valence-electron chi connectivity index (χ2n) is 6.66. The van der Waals surface area contributed by atoms with Gasteiger partial charge in [0.25, 0.3) is 0 Å². The smallest absolute Gasteiger partial charge is 0.239 e. The summed E-state index contributed by atoms with van der Waals surface area (Å²) in [6.07, 6.45) is 0. The molecule has 0 bridgehead atoms. The molecule has 2 rings (SSSR count). The fraction of sp³-hybridized carbons (Fsp3) is 0.250. The van der Waals surface area contributed by atoms with Gasteiger partial charge in [-0.05, 0) is 63.1 Å². The summed E-state index contributed by atoms with van der Waals surface area (Å²) in [6.45, 7) is 6.82. The van der Waals surface area contributed by atoms with Crippen LogP contribution in [0, 0.1) is 30.6 Å². The van der Waals surface area contributed by atoms with Crippen molar-refractivity contribution in [3.8, 4) is 6.07 Å². The summed E-state index contributed by atoms with van der Waals surface area (Å²) in [4.78, 5) is 25.3. The van der Waals surface area contributed by atoms with Crippen LogP contribution in [0.5, 0.6) is 0 Å². The number of carbonyl (C=O) groups excluding carboxylic acids is 2. The normalized spacial score (nSPS) is 10.8. The molecule has 0 atom stereocenters. The van der Waals surface area contributed by atoms with Crippen LogP contribution in [0.15, 0.2) is 36.4 Å². The van der Waals surface area contributed by atoms with Crippen molar-refractivity contribution in [1.82, 2.24) is 0 Å². The first-order valence-electron chi connectivity index (χ1n) is 8.05. The van der Waals surface area contributed by atoms with E-state index < -0.39 is 17.2 Å². The molecule has 0 saturated carbocycles. The van der Waals surface area contributed by atoms with E-state index in [0.717, 1.165) is 11.1 Å². The number of nitrogens with zero attached hydrogens (tertiary/aromatic N) is 1. The molecule has 0 unspecified atom stereocenters. The number of aryl methyl sites for hydroxylation is 2. The predicted molar refractivity (Wildman–Crippen MR) is 103 cm³/mol. The Morgan fingerprint density at radius 3 is 2.35 bits per heavy atom. The molecule has 26 heavy (non-hydrogen) atoms. The highest BCUT2D eigenvalue weighted by Crippen LogP contribution is 2.30. The van der Waals surface area contributed by atoms with E-state index in [4.69, 9.17) is 16.9 Å². The zero-order valence-corrected chi connectivity index (χ0v) is 15.9.